The smallest absolute Gasteiger partial charge is 0.246 e. The van der Waals surface area contributed by atoms with E-state index in [1.807, 2.05) is 54.4 Å². The van der Waals surface area contributed by atoms with Crippen LogP contribution in [0.2, 0.25) is 0 Å². The minimum atomic E-state index is -0.0374. The maximum atomic E-state index is 12.4. The molecule has 0 aromatic heterocycles. The highest BCUT2D eigenvalue weighted by Gasteiger charge is 2.29. The van der Waals surface area contributed by atoms with Gasteiger partial charge in [0.25, 0.3) is 0 Å². The molecule has 8 heteroatoms. The van der Waals surface area contributed by atoms with Crippen molar-refractivity contribution in [2.75, 3.05) is 27.3 Å². The molecular weight excluding hydrogens is 396 g/mol. The zero-order valence-electron chi connectivity index (χ0n) is 17.8. The van der Waals surface area contributed by atoms with Crippen LogP contribution in [-0.2, 0) is 22.7 Å². The number of carbonyl (C=O) groups excluding carboxylic acids is 2. The molecule has 1 saturated heterocycles. The van der Waals surface area contributed by atoms with Crippen LogP contribution >= 0.6 is 0 Å². The van der Waals surface area contributed by atoms with Gasteiger partial charge in [0.1, 0.15) is 18.0 Å². The fourth-order valence-corrected chi connectivity index (χ4v) is 3.63. The molecule has 0 saturated carbocycles. The normalized spacial score (nSPS) is 14.3. The number of hydrogen-bond acceptors (Lipinski definition) is 6. The second-order valence-corrected chi connectivity index (χ2v) is 7.68. The first-order valence-electron chi connectivity index (χ1n) is 10.3. The summed E-state index contributed by atoms with van der Waals surface area (Å²) >= 11 is 0. The number of fused-ring (bicyclic) bond motifs is 2. The summed E-state index contributed by atoms with van der Waals surface area (Å²) < 4.78 is 11.0. The van der Waals surface area contributed by atoms with Crippen LogP contribution in [0.25, 0.3) is 0 Å². The Labute approximate surface area is 181 Å². The Morgan fingerprint density at radius 3 is 2.71 bits per heavy atom. The number of guanidine groups is 1. The lowest BCUT2D eigenvalue weighted by atomic mass is 10.1. The van der Waals surface area contributed by atoms with Gasteiger partial charge in [0.2, 0.25) is 17.8 Å². The number of aliphatic imine (C=N–C) groups is 1. The van der Waals surface area contributed by atoms with E-state index in [1.54, 1.807) is 12.0 Å². The lowest BCUT2D eigenvalue weighted by Gasteiger charge is -2.23. The van der Waals surface area contributed by atoms with E-state index < -0.39 is 0 Å². The summed E-state index contributed by atoms with van der Waals surface area (Å²) in [5.74, 6) is 2.20. The molecule has 2 aliphatic heterocycles. The molecule has 0 bridgehead atoms. The van der Waals surface area contributed by atoms with Crippen LogP contribution in [0.15, 0.2) is 47.5 Å². The largest absolute Gasteiger partial charge is 0.497 e. The molecule has 2 aromatic carbocycles. The molecule has 2 heterocycles. The van der Waals surface area contributed by atoms with E-state index in [0.717, 1.165) is 28.3 Å². The van der Waals surface area contributed by atoms with Crippen LogP contribution in [0.3, 0.4) is 0 Å². The molecule has 162 valence electrons. The Bertz CT molecular complexity index is 1000. The summed E-state index contributed by atoms with van der Waals surface area (Å²) in [7, 11) is 3.44. The summed E-state index contributed by atoms with van der Waals surface area (Å²) in [6.45, 7) is 1.97. The van der Waals surface area contributed by atoms with Crippen LogP contribution < -0.4 is 14.8 Å². The molecule has 0 atom stereocenters. The maximum absolute atomic E-state index is 12.4. The van der Waals surface area contributed by atoms with E-state index in [9.17, 15) is 9.59 Å². The number of nitrogens with one attached hydrogen (secondary N) is 1. The van der Waals surface area contributed by atoms with E-state index in [-0.39, 0.29) is 11.8 Å². The number of methoxy groups -OCH3 is 1. The van der Waals surface area contributed by atoms with Gasteiger partial charge < -0.3 is 19.3 Å². The highest BCUT2D eigenvalue weighted by molar-refractivity contribution is 6.05. The van der Waals surface area contributed by atoms with Gasteiger partial charge in [-0.05, 0) is 42.3 Å². The average molecular weight is 422 g/mol. The van der Waals surface area contributed by atoms with Gasteiger partial charge in [0, 0.05) is 32.1 Å². The van der Waals surface area contributed by atoms with Gasteiger partial charge in [-0.3, -0.25) is 14.9 Å². The van der Waals surface area contributed by atoms with Crippen LogP contribution in [0, 0.1) is 0 Å². The molecule has 2 aliphatic rings. The first-order chi connectivity index (χ1) is 15.0. The molecular formula is C23H26N4O4. The zero-order valence-corrected chi connectivity index (χ0v) is 17.8. The Morgan fingerprint density at radius 1 is 1.16 bits per heavy atom. The van der Waals surface area contributed by atoms with Crippen molar-refractivity contribution in [1.82, 2.24) is 15.1 Å². The standard InChI is InChI=1S/C23H26N4O4/c1-26(13-16-5-7-18(30-2)8-6-16)22(29)4-3-11-31-19-9-10-20-17(12-19)14-27-15-21(28)25-23(27)24-20/h5-10,12H,3-4,11,13-15H2,1-2H3,(H,24,25,28). The highest BCUT2D eigenvalue weighted by atomic mass is 16.5. The molecule has 0 spiro atoms. The molecule has 2 aromatic rings. The quantitative estimate of drug-likeness (QED) is 0.661. The molecule has 1 fully saturated rings. The van der Waals surface area contributed by atoms with Crippen LogP contribution in [0.4, 0.5) is 5.69 Å². The fourth-order valence-electron chi connectivity index (χ4n) is 3.63. The summed E-state index contributed by atoms with van der Waals surface area (Å²) in [6, 6.07) is 13.4. The van der Waals surface area contributed by atoms with Crippen LogP contribution in [-0.4, -0.2) is 54.9 Å². The molecule has 0 unspecified atom stereocenters. The first kappa shape index (κ1) is 20.7. The van der Waals surface area contributed by atoms with E-state index in [1.165, 1.54) is 0 Å². The third-order valence-corrected chi connectivity index (χ3v) is 5.33. The van der Waals surface area contributed by atoms with Gasteiger partial charge in [-0.1, -0.05) is 12.1 Å². The number of hydrogen-bond donors (Lipinski definition) is 1. The number of benzene rings is 2. The zero-order chi connectivity index (χ0) is 21.8. The number of rotatable bonds is 8. The summed E-state index contributed by atoms with van der Waals surface area (Å²) in [5, 5.41) is 2.76. The van der Waals surface area contributed by atoms with Crippen molar-refractivity contribution in [3.05, 3.63) is 53.6 Å². The Kier molecular flexibility index (Phi) is 6.06. The van der Waals surface area contributed by atoms with E-state index >= 15 is 0 Å². The molecule has 0 radical (unpaired) electrons. The number of ether oxygens (including phenoxy) is 2. The van der Waals surface area contributed by atoms with Crippen molar-refractivity contribution >= 4 is 23.5 Å². The lowest BCUT2D eigenvalue weighted by Crippen LogP contribution is -2.32. The number of amides is 2. The second-order valence-electron chi connectivity index (χ2n) is 7.68. The minimum Gasteiger partial charge on any atom is -0.497 e. The SMILES string of the molecule is COc1ccc(CN(C)C(=O)CCCOc2ccc3c(c2)CN2CC(=O)NC2=N3)cc1. The topological polar surface area (TPSA) is 83.5 Å². The predicted molar refractivity (Wildman–Crippen MR) is 116 cm³/mol. The van der Waals surface area contributed by atoms with Gasteiger partial charge in [-0.15, -0.1) is 0 Å². The molecule has 1 N–H and O–H groups in total. The monoisotopic (exact) mass is 422 g/mol. The second kappa shape index (κ2) is 9.07. The Balaban J connectivity index is 1.22. The van der Waals surface area contributed by atoms with E-state index in [2.05, 4.69) is 10.3 Å². The summed E-state index contributed by atoms with van der Waals surface area (Å²) in [5.41, 5.74) is 2.92. The molecule has 0 aliphatic carbocycles. The Morgan fingerprint density at radius 2 is 1.94 bits per heavy atom. The minimum absolute atomic E-state index is 0.0374. The van der Waals surface area contributed by atoms with E-state index in [0.29, 0.717) is 45.0 Å². The van der Waals surface area contributed by atoms with Gasteiger partial charge in [0.05, 0.1) is 19.4 Å². The van der Waals surface area contributed by atoms with Crippen molar-refractivity contribution in [3.63, 3.8) is 0 Å². The van der Waals surface area contributed by atoms with Crippen molar-refractivity contribution in [3.8, 4) is 11.5 Å². The molecule has 31 heavy (non-hydrogen) atoms. The van der Waals surface area contributed by atoms with Crippen molar-refractivity contribution < 1.29 is 19.1 Å². The summed E-state index contributed by atoms with van der Waals surface area (Å²) in [6.07, 6.45) is 1.06. The molecule has 4 rings (SSSR count). The van der Waals surface area contributed by atoms with Gasteiger partial charge in [0.15, 0.2) is 0 Å². The number of nitrogens with zero attached hydrogens (tertiary/aromatic N) is 3. The molecule has 8 nitrogen and oxygen atoms in total. The highest BCUT2D eigenvalue weighted by Crippen LogP contribution is 2.30. The summed E-state index contributed by atoms with van der Waals surface area (Å²) in [4.78, 5) is 32.0. The third kappa shape index (κ3) is 4.96. The number of carbonyl (C=O) groups is 2. The fraction of sp³-hybridized carbons (Fsp3) is 0.348. The van der Waals surface area contributed by atoms with Gasteiger partial charge in [-0.2, -0.15) is 0 Å². The molecule has 2 amide bonds. The lowest BCUT2D eigenvalue weighted by molar-refractivity contribution is -0.130. The van der Waals surface area contributed by atoms with E-state index in [4.69, 9.17) is 9.47 Å². The van der Waals surface area contributed by atoms with Crippen molar-refractivity contribution in [1.29, 1.82) is 0 Å². The van der Waals surface area contributed by atoms with Crippen LogP contribution in [0.1, 0.15) is 24.0 Å². The van der Waals surface area contributed by atoms with Crippen LogP contribution in [0.5, 0.6) is 11.5 Å². The van der Waals surface area contributed by atoms with Gasteiger partial charge >= 0.3 is 0 Å². The average Bonchev–Trinajstić information content (AvgIpc) is 3.14. The maximum Gasteiger partial charge on any atom is 0.246 e. The first-order valence-corrected chi connectivity index (χ1v) is 10.3. The predicted octanol–water partition coefficient (Wildman–Crippen LogP) is 2.45. The third-order valence-electron chi connectivity index (χ3n) is 5.33. The van der Waals surface area contributed by atoms with Crippen molar-refractivity contribution in [2.24, 2.45) is 4.99 Å². The van der Waals surface area contributed by atoms with Gasteiger partial charge in [-0.25, -0.2) is 4.99 Å². The Hall–Kier alpha value is -3.55. The van der Waals surface area contributed by atoms with Crippen molar-refractivity contribution in [2.45, 2.75) is 25.9 Å².